The number of carbonyl (C=O) groups excluding carboxylic acids is 1. The molecule has 0 aliphatic carbocycles. The van der Waals surface area contributed by atoms with Crippen molar-refractivity contribution in [1.82, 2.24) is 30.0 Å². The molecule has 2 aromatic carbocycles. The number of piperidine rings is 2. The minimum Gasteiger partial charge on any atom is -0.495 e. The molecule has 0 atom stereocenters. The van der Waals surface area contributed by atoms with Crippen molar-refractivity contribution in [2.75, 3.05) is 43.9 Å². The Kier molecular flexibility index (Phi) is 8.90. The maximum atomic E-state index is 13.4. The van der Waals surface area contributed by atoms with Crippen LogP contribution >= 0.6 is 0 Å². The molecule has 0 spiro atoms. The van der Waals surface area contributed by atoms with Crippen LogP contribution in [0.15, 0.2) is 53.6 Å². The number of hydrogen-bond acceptors (Lipinski definition) is 10. The van der Waals surface area contributed by atoms with Gasteiger partial charge in [-0.1, -0.05) is 18.6 Å². The molecule has 2 aliphatic rings. The van der Waals surface area contributed by atoms with Crippen LogP contribution in [0.2, 0.25) is 0 Å². The molecule has 2 aliphatic heterocycles. The van der Waals surface area contributed by atoms with Crippen LogP contribution < -0.4 is 15.4 Å². The highest BCUT2D eigenvalue weighted by Gasteiger charge is 2.29. The summed E-state index contributed by atoms with van der Waals surface area (Å²) in [6, 6.07) is 12.6. The smallest absolute Gasteiger partial charge is 0.253 e. The van der Waals surface area contributed by atoms with E-state index in [0.717, 1.165) is 25.9 Å². The molecule has 4 heterocycles. The number of aromatic nitrogens is 4. The van der Waals surface area contributed by atoms with Gasteiger partial charge in [-0.25, -0.2) is 8.42 Å². The van der Waals surface area contributed by atoms with E-state index in [1.54, 1.807) is 69.6 Å². The van der Waals surface area contributed by atoms with Gasteiger partial charge >= 0.3 is 0 Å². The number of fused-ring (bicyclic) bond motifs is 1. The molecule has 13 heteroatoms. The number of carbonyl (C=O) groups is 1. The summed E-state index contributed by atoms with van der Waals surface area (Å²) in [6.07, 6.45) is 7.45. The van der Waals surface area contributed by atoms with E-state index in [2.05, 4.69) is 35.7 Å². The largest absolute Gasteiger partial charge is 0.495 e. The number of H-pyrrole nitrogens is 1. The van der Waals surface area contributed by atoms with Crippen molar-refractivity contribution < 1.29 is 17.9 Å². The Hall–Kier alpha value is -4.23. The molecule has 0 unspecified atom stereocenters. The third kappa shape index (κ3) is 6.45. The molecule has 2 saturated heterocycles. The first-order valence-corrected chi connectivity index (χ1v) is 17.1. The van der Waals surface area contributed by atoms with Crippen molar-refractivity contribution in [2.24, 2.45) is 0 Å². The molecule has 238 valence electrons. The fraction of sp³-hybridized carbons (Fsp3) is 0.438. The van der Waals surface area contributed by atoms with Gasteiger partial charge < -0.3 is 25.2 Å². The van der Waals surface area contributed by atoms with Crippen LogP contribution in [0.3, 0.4) is 0 Å². The third-order valence-corrected chi connectivity index (χ3v) is 10.9. The van der Waals surface area contributed by atoms with Crippen molar-refractivity contribution in [3.8, 4) is 5.75 Å². The maximum absolute atomic E-state index is 13.4. The van der Waals surface area contributed by atoms with Crippen molar-refractivity contribution in [2.45, 2.75) is 62.1 Å². The van der Waals surface area contributed by atoms with Gasteiger partial charge in [-0.15, -0.1) is 0 Å². The Morgan fingerprint density at radius 2 is 1.73 bits per heavy atom. The summed E-state index contributed by atoms with van der Waals surface area (Å²) in [5.74, 6) is 1.07. The van der Waals surface area contributed by atoms with Crippen LogP contribution in [0.1, 0.15) is 56.3 Å². The summed E-state index contributed by atoms with van der Waals surface area (Å²) < 4.78 is 31.8. The minimum absolute atomic E-state index is 0.00595. The second-order valence-electron chi connectivity index (χ2n) is 11.9. The summed E-state index contributed by atoms with van der Waals surface area (Å²) in [5, 5.41) is 13.4. The molecular formula is C32H40N8O4S. The summed E-state index contributed by atoms with van der Waals surface area (Å²) in [6.45, 7) is 7.14. The number of ether oxygens (including phenoxy) is 1. The Morgan fingerprint density at radius 1 is 0.978 bits per heavy atom. The zero-order valence-electron chi connectivity index (χ0n) is 25.9. The number of hydrogen-bond donors (Lipinski definition) is 3. The lowest BCUT2D eigenvalue weighted by molar-refractivity contribution is 0.0589. The lowest BCUT2D eigenvalue weighted by Crippen LogP contribution is -2.48. The minimum atomic E-state index is -3.56. The molecule has 4 aromatic rings. The number of likely N-dealkylation sites (tertiary alicyclic amines) is 2. The van der Waals surface area contributed by atoms with Gasteiger partial charge in [-0.05, 0) is 83.0 Å². The second-order valence-corrected chi connectivity index (χ2v) is 14.4. The standard InChI is InChI=1S/C32H40N8O4S/c1-21(2)45(42,43)28-10-6-5-9-26(28)34-29-24-20-33-38-30(24)37-32(36-29)35-25-12-11-22(19-27(25)44-3)31(41)40-17-13-23(14-18-40)39-15-7-4-8-16-39/h5-6,9-12,19-21,23H,4,7-8,13-18H2,1-3H3,(H3,33,34,35,36,37,38). The van der Waals surface area contributed by atoms with Crippen molar-refractivity contribution in [1.29, 1.82) is 0 Å². The van der Waals surface area contributed by atoms with Gasteiger partial charge in [0.1, 0.15) is 11.6 Å². The quantitative estimate of drug-likeness (QED) is 0.227. The number of sulfone groups is 1. The topological polar surface area (TPSA) is 145 Å². The molecule has 45 heavy (non-hydrogen) atoms. The number of rotatable bonds is 9. The lowest BCUT2D eigenvalue weighted by atomic mass is 9.99. The van der Waals surface area contributed by atoms with E-state index in [1.807, 2.05) is 4.90 Å². The number of nitrogens with zero attached hydrogens (tertiary/aromatic N) is 5. The van der Waals surface area contributed by atoms with Gasteiger partial charge in [0.2, 0.25) is 5.95 Å². The van der Waals surface area contributed by atoms with Gasteiger partial charge in [-0.3, -0.25) is 9.89 Å². The Morgan fingerprint density at radius 3 is 2.47 bits per heavy atom. The van der Waals surface area contributed by atoms with Crippen molar-refractivity contribution in [3.63, 3.8) is 0 Å². The number of methoxy groups -OCH3 is 1. The van der Waals surface area contributed by atoms with E-state index in [9.17, 15) is 13.2 Å². The van der Waals surface area contributed by atoms with Gasteiger partial charge in [0, 0.05) is 24.7 Å². The first kappa shape index (κ1) is 30.8. The highest BCUT2D eigenvalue weighted by Crippen LogP contribution is 2.33. The number of amides is 1. The fourth-order valence-corrected chi connectivity index (χ4v) is 7.34. The number of nitrogens with one attached hydrogen (secondary N) is 3. The molecule has 0 bridgehead atoms. The van der Waals surface area contributed by atoms with Gasteiger partial charge in [0.15, 0.2) is 15.5 Å². The molecule has 12 nitrogen and oxygen atoms in total. The van der Waals surface area contributed by atoms with Crippen LogP contribution in [0.4, 0.5) is 23.1 Å². The molecule has 2 fully saturated rings. The lowest BCUT2D eigenvalue weighted by Gasteiger charge is -2.40. The predicted octanol–water partition coefficient (Wildman–Crippen LogP) is 5.12. The van der Waals surface area contributed by atoms with Gasteiger partial charge in [0.05, 0.1) is 40.2 Å². The van der Waals surface area contributed by atoms with Gasteiger partial charge in [0.25, 0.3) is 5.91 Å². The van der Waals surface area contributed by atoms with Crippen molar-refractivity contribution >= 4 is 49.9 Å². The summed E-state index contributed by atoms with van der Waals surface area (Å²) >= 11 is 0. The fourth-order valence-electron chi connectivity index (χ4n) is 6.13. The number of aromatic amines is 1. The van der Waals surface area contributed by atoms with E-state index in [4.69, 9.17) is 4.74 Å². The third-order valence-electron chi connectivity index (χ3n) is 8.73. The molecule has 1 amide bonds. The van der Waals surface area contributed by atoms with E-state index in [0.29, 0.717) is 45.6 Å². The number of para-hydroxylation sites is 1. The summed E-state index contributed by atoms with van der Waals surface area (Å²) in [5.41, 5.74) is 1.99. The van der Waals surface area contributed by atoms with Crippen LogP contribution in [-0.4, -0.2) is 88.9 Å². The average Bonchev–Trinajstić information content (AvgIpc) is 3.54. The zero-order chi connectivity index (χ0) is 31.6. The average molecular weight is 633 g/mol. The molecule has 2 aromatic heterocycles. The Balaban J connectivity index is 1.21. The summed E-state index contributed by atoms with van der Waals surface area (Å²) in [4.78, 5) is 27.4. The van der Waals surface area contributed by atoms with Crippen LogP contribution in [0.5, 0.6) is 5.75 Å². The van der Waals surface area contributed by atoms with Crippen LogP contribution in [-0.2, 0) is 9.84 Å². The molecule has 0 radical (unpaired) electrons. The summed E-state index contributed by atoms with van der Waals surface area (Å²) in [7, 11) is -2.00. The first-order chi connectivity index (χ1) is 21.7. The van der Waals surface area contributed by atoms with Gasteiger partial charge in [-0.2, -0.15) is 15.1 Å². The normalized spacial score (nSPS) is 16.7. The predicted molar refractivity (Wildman–Crippen MR) is 174 cm³/mol. The monoisotopic (exact) mass is 632 g/mol. The van der Waals surface area contributed by atoms with E-state index < -0.39 is 15.1 Å². The molecular weight excluding hydrogens is 592 g/mol. The zero-order valence-corrected chi connectivity index (χ0v) is 26.7. The van der Waals surface area contributed by atoms with Crippen LogP contribution in [0, 0.1) is 0 Å². The highest BCUT2D eigenvalue weighted by atomic mass is 32.2. The van der Waals surface area contributed by atoms with Crippen molar-refractivity contribution in [3.05, 3.63) is 54.2 Å². The number of benzene rings is 2. The SMILES string of the molecule is COc1cc(C(=O)N2CCC(N3CCCCC3)CC2)ccc1Nc1nc(Nc2ccccc2S(=O)(=O)C(C)C)c2cn[nH]c2n1. The number of anilines is 4. The molecule has 3 N–H and O–H groups in total. The molecule has 0 saturated carbocycles. The Bertz CT molecular complexity index is 1780. The van der Waals surface area contributed by atoms with E-state index >= 15 is 0 Å². The Labute approximate surface area is 263 Å². The first-order valence-electron chi connectivity index (χ1n) is 15.5. The second kappa shape index (κ2) is 13.0. The van der Waals surface area contributed by atoms with E-state index in [-0.39, 0.29) is 16.8 Å². The molecule has 6 rings (SSSR count). The van der Waals surface area contributed by atoms with E-state index in [1.165, 1.54) is 32.4 Å². The highest BCUT2D eigenvalue weighted by molar-refractivity contribution is 7.92. The van der Waals surface area contributed by atoms with Crippen LogP contribution in [0.25, 0.3) is 11.0 Å². The maximum Gasteiger partial charge on any atom is 0.253 e.